The van der Waals surface area contributed by atoms with E-state index in [9.17, 15) is 4.79 Å². The van der Waals surface area contributed by atoms with Gasteiger partial charge >= 0.3 is 5.97 Å². The van der Waals surface area contributed by atoms with Gasteiger partial charge in [0, 0.05) is 35.0 Å². The Kier molecular flexibility index (Phi) is 10.2. The van der Waals surface area contributed by atoms with Gasteiger partial charge in [-0.25, -0.2) is 0 Å². The summed E-state index contributed by atoms with van der Waals surface area (Å²) in [5.74, 6) is 4.87. The normalized spacial score (nSPS) is 20.3. The van der Waals surface area contributed by atoms with Gasteiger partial charge in [-0.2, -0.15) is 0 Å². The molecule has 1 saturated heterocycles. The first kappa shape index (κ1) is 28.6. The van der Waals surface area contributed by atoms with Crippen LogP contribution in [0.3, 0.4) is 0 Å². The summed E-state index contributed by atoms with van der Waals surface area (Å²) in [6.07, 6.45) is 5.48. The van der Waals surface area contributed by atoms with Crippen molar-refractivity contribution < 1.29 is 33.2 Å². The molecule has 2 heterocycles. The summed E-state index contributed by atoms with van der Waals surface area (Å²) >= 11 is 0. The molecule has 0 bridgehead atoms. The third-order valence-corrected chi connectivity index (χ3v) is 10.3. The molecule has 0 spiro atoms. The Hall–Kier alpha value is -2.39. The molecule has 0 saturated carbocycles. The number of unbranched alkanes of at least 4 members (excludes halogenated alkanes) is 1. The fourth-order valence-corrected chi connectivity index (χ4v) is 8.16. The smallest absolute Gasteiger partial charge is 0.311 e. The van der Waals surface area contributed by atoms with E-state index < -0.39 is 0 Å². The molecule has 2 aliphatic rings. The highest BCUT2D eigenvalue weighted by Gasteiger charge is 2.34. The minimum atomic E-state index is -0.219. The van der Waals surface area contributed by atoms with E-state index in [0.29, 0.717) is 41.8 Å². The van der Waals surface area contributed by atoms with Crippen molar-refractivity contribution in [2.45, 2.75) is 56.6 Å². The molecular formula is C29H38O7S2. The lowest BCUT2D eigenvalue weighted by atomic mass is 9.81. The number of ether oxygens (including phenoxy) is 6. The predicted octanol–water partition coefficient (Wildman–Crippen LogP) is 6.70. The van der Waals surface area contributed by atoms with Crippen molar-refractivity contribution in [3.8, 4) is 34.5 Å². The molecule has 2 aromatic rings. The lowest BCUT2D eigenvalue weighted by Crippen LogP contribution is -2.27. The maximum Gasteiger partial charge on any atom is 0.311 e. The zero-order valence-electron chi connectivity index (χ0n) is 22.9. The van der Waals surface area contributed by atoms with Crippen LogP contribution < -0.4 is 28.4 Å². The molecule has 0 N–H and O–H groups in total. The van der Waals surface area contributed by atoms with E-state index >= 15 is 0 Å². The van der Waals surface area contributed by atoms with E-state index in [1.807, 2.05) is 45.9 Å². The van der Waals surface area contributed by atoms with Gasteiger partial charge in [-0.3, -0.25) is 4.79 Å². The van der Waals surface area contributed by atoms with Crippen molar-refractivity contribution >= 4 is 27.6 Å². The molecular weight excluding hydrogens is 524 g/mol. The van der Waals surface area contributed by atoms with Gasteiger partial charge in [-0.05, 0) is 49.3 Å². The SMILES string of the molecule is COc1ccc(CC2COc3cc(OC)c(OC)c(OC)c3C2C)cc1OC(=O)CCCCC1CCSS1. The second-order valence-electron chi connectivity index (χ2n) is 9.65. The van der Waals surface area contributed by atoms with Crippen molar-refractivity contribution in [1.29, 1.82) is 0 Å². The molecule has 0 aromatic heterocycles. The predicted molar refractivity (Wildman–Crippen MR) is 153 cm³/mol. The van der Waals surface area contributed by atoms with Crippen molar-refractivity contribution in [2.75, 3.05) is 40.8 Å². The van der Waals surface area contributed by atoms with Crippen LogP contribution in [0.15, 0.2) is 24.3 Å². The van der Waals surface area contributed by atoms with Gasteiger partial charge in [0.15, 0.2) is 23.0 Å². The van der Waals surface area contributed by atoms with E-state index in [1.165, 1.54) is 12.2 Å². The highest BCUT2D eigenvalue weighted by Crippen LogP contribution is 2.52. The largest absolute Gasteiger partial charge is 0.493 e. The Labute approximate surface area is 233 Å². The Morgan fingerprint density at radius 3 is 2.45 bits per heavy atom. The monoisotopic (exact) mass is 562 g/mol. The molecule has 3 unspecified atom stereocenters. The van der Waals surface area contributed by atoms with E-state index in [4.69, 9.17) is 28.4 Å². The van der Waals surface area contributed by atoms with Crippen LogP contribution in [0.25, 0.3) is 0 Å². The molecule has 1 fully saturated rings. The van der Waals surface area contributed by atoms with Crippen LogP contribution in [0.5, 0.6) is 34.5 Å². The van der Waals surface area contributed by atoms with E-state index in [0.717, 1.165) is 47.8 Å². The summed E-state index contributed by atoms with van der Waals surface area (Å²) in [6.45, 7) is 2.72. The maximum absolute atomic E-state index is 12.6. The molecule has 0 aliphatic carbocycles. The topological polar surface area (TPSA) is 72.5 Å². The zero-order chi connectivity index (χ0) is 27.1. The van der Waals surface area contributed by atoms with Crippen molar-refractivity contribution in [1.82, 2.24) is 0 Å². The van der Waals surface area contributed by atoms with Gasteiger partial charge < -0.3 is 28.4 Å². The molecule has 2 aromatic carbocycles. The number of esters is 1. The fraction of sp³-hybridized carbons (Fsp3) is 0.552. The summed E-state index contributed by atoms with van der Waals surface area (Å²) < 4.78 is 34.2. The standard InChI is InChI=1S/C29H38O7S2/c1-18-20(17-35-24-16-25(32-3)28(33-4)29(34-5)27(18)24)14-19-10-11-22(31-2)23(15-19)36-26(30)9-7-6-8-21-12-13-37-38-21/h10-11,15-16,18,20-21H,6-9,12-14,17H2,1-5H3. The summed E-state index contributed by atoms with van der Waals surface area (Å²) in [5, 5.41) is 0.731. The molecule has 2 aliphatic heterocycles. The molecule has 0 amide bonds. The number of hydrogen-bond acceptors (Lipinski definition) is 9. The highest BCUT2D eigenvalue weighted by molar-refractivity contribution is 8.77. The molecule has 208 valence electrons. The lowest BCUT2D eigenvalue weighted by molar-refractivity contribution is -0.134. The second kappa shape index (κ2) is 13.6. The Balaban J connectivity index is 1.43. The zero-order valence-corrected chi connectivity index (χ0v) is 24.5. The highest BCUT2D eigenvalue weighted by atomic mass is 33.1. The van der Waals surface area contributed by atoms with Gasteiger partial charge in [0.25, 0.3) is 0 Å². The van der Waals surface area contributed by atoms with Crippen LogP contribution in [0.1, 0.15) is 56.1 Å². The van der Waals surface area contributed by atoms with Crippen molar-refractivity contribution in [3.63, 3.8) is 0 Å². The maximum atomic E-state index is 12.6. The molecule has 4 rings (SSSR count). The van der Waals surface area contributed by atoms with Gasteiger partial charge in [0.05, 0.1) is 35.0 Å². The van der Waals surface area contributed by atoms with E-state index in [-0.39, 0.29) is 17.8 Å². The van der Waals surface area contributed by atoms with E-state index in [1.54, 1.807) is 28.4 Å². The average Bonchev–Trinajstić information content (AvgIpc) is 3.45. The minimum absolute atomic E-state index is 0.137. The average molecular weight is 563 g/mol. The van der Waals surface area contributed by atoms with Gasteiger partial charge in [0.1, 0.15) is 5.75 Å². The summed E-state index contributed by atoms with van der Waals surface area (Å²) in [7, 11) is 10.4. The number of benzene rings is 2. The molecule has 0 radical (unpaired) electrons. The van der Waals surface area contributed by atoms with E-state index in [2.05, 4.69) is 6.92 Å². The Morgan fingerprint density at radius 1 is 0.974 bits per heavy atom. The van der Waals surface area contributed by atoms with Crippen LogP contribution in [-0.4, -0.2) is 52.0 Å². The van der Waals surface area contributed by atoms with Crippen molar-refractivity contribution in [2.24, 2.45) is 5.92 Å². The van der Waals surface area contributed by atoms with Crippen LogP contribution in [-0.2, 0) is 11.2 Å². The first-order valence-corrected chi connectivity index (χ1v) is 15.5. The number of hydrogen-bond donors (Lipinski definition) is 0. The second-order valence-corrected chi connectivity index (χ2v) is 12.4. The minimum Gasteiger partial charge on any atom is -0.493 e. The Morgan fingerprint density at radius 2 is 1.76 bits per heavy atom. The Bertz CT molecular complexity index is 1100. The lowest BCUT2D eigenvalue weighted by Gasteiger charge is -2.33. The fourth-order valence-electron chi connectivity index (χ4n) is 5.13. The first-order valence-electron chi connectivity index (χ1n) is 13.1. The number of carbonyl (C=O) groups is 1. The molecule has 7 nitrogen and oxygen atoms in total. The van der Waals surface area contributed by atoms with Crippen LogP contribution >= 0.6 is 21.6 Å². The first-order chi connectivity index (χ1) is 18.5. The third-order valence-electron chi connectivity index (χ3n) is 7.28. The summed E-state index contributed by atoms with van der Waals surface area (Å²) in [6, 6.07) is 7.66. The number of carbonyl (C=O) groups excluding carboxylic acids is 1. The number of methoxy groups -OCH3 is 4. The number of fused-ring (bicyclic) bond motifs is 1. The van der Waals surface area contributed by atoms with Gasteiger partial charge in [-0.15, -0.1) is 0 Å². The van der Waals surface area contributed by atoms with Crippen LogP contribution in [0, 0.1) is 5.92 Å². The summed E-state index contributed by atoms with van der Waals surface area (Å²) in [4.78, 5) is 12.6. The van der Waals surface area contributed by atoms with Crippen LogP contribution in [0.4, 0.5) is 0 Å². The van der Waals surface area contributed by atoms with Crippen LogP contribution in [0.2, 0.25) is 0 Å². The molecule has 9 heteroatoms. The van der Waals surface area contributed by atoms with Gasteiger partial charge in [-0.1, -0.05) is 41.0 Å². The molecule has 3 atom stereocenters. The third kappa shape index (κ3) is 6.60. The quantitative estimate of drug-likeness (QED) is 0.122. The molecule has 38 heavy (non-hydrogen) atoms. The van der Waals surface area contributed by atoms with Gasteiger partial charge in [0.2, 0.25) is 5.75 Å². The number of rotatable bonds is 12. The van der Waals surface area contributed by atoms with Crippen molar-refractivity contribution in [3.05, 3.63) is 35.4 Å². The summed E-state index contributed by atoms with van der Waals surface area (Å²) in [5.41, 5.74) is 2.02.